The Balaban J connectivity index is 1.74. The molecule has 1 aliphatic carbocycles. The summed E-state index contributed by atoms with van der Waals surface area (Å²) in [5, 5.41) is 9.96. The van der Waals surface area contributed by atoms with Crippen molar-refractivity contribution in [1.29, 1.82) is 0 Å². The zero-order chi connectivity index (χ0) is 12.3. The summed E-state index contributed by atoms with van der Waals surface area (Å²) < 4.78 is 11.0. The van der Waals surface area contributed by atoms with Crippen molar-refractivity contribution in [1.82, 2.24) is 4.90 Å². The largest absolute Gasteiger partial charge is 0.389 e. The van der Waals surface area contributed by atoms with E-state index < -0.39 is 0 Å². The first-order valence-electron chi connectivity index (χ1n) is 6.78. The van der Waals surface area contributed by atoms with Crippen molar-refractivity contribution in [3.63, 3.8) is 0 Å². The molecule has 2 atom stereocenters. The molecule has 2 fully saturated rings. The fourth-order valence-corrected chi connectivity index (χ4v) is 2.43. The fourth-order valence-electron chi connectivity index (χ4n) is 2.43. The lowest BCUT2D eigenvalue weighted by atomic mass is 10.1. The third-order valence-corrected chi connectivity index (χ3v) is 3.51. The molecule has 2 rings (SSSR count). The van der Waals surface area contributed by atoms with Gasteiger partial charge in [0.05, 0.1) is 32.0 Å². The summed E-state index contributed by atoms with van der Waals surface area (Å²) in [5.41, 5.74) is 0. The lowest BCUT2D eigenvalue weighted by molar-refractivity contribution is -0.0550. The van der Waals surface area contributed by atoms with Gasteiger partial charge in [0.1, 0.15) is 0 Å². The first-order chi connectivity index (χ1) is 8.16. The Morgan fingerprint density at radius 3 is 2.82 bits per heavy atom. The average molecular weight is 243 g/mol. The molecule has 0 aromatic carbocycles. The summed E-state index contributed by atoms with van der Waals surface area (Å²) in [7, 11) is 0. The van der Waals surface area contributed by atoms with Crippen LogP contribution in [-0.4, -0.2) is 61.2 Å². The highest BCUT2D eigenvalue weighted by molar-refractivity contribution is 4.90. The van der Waals surface area contributed by atoms with Crippen LogP contribution in [0.1, 0.15) is 26.7 Å². The van der Waals surface area contributed by atoms with Crippen LogP contribution in [0.3, 0.4) is 0 Å². The summed E-state index contributed by atoms with van der Waals surface area (Å²) in [6.07, 6.45) is 2.46. The Morgan fingerprint density at radius 2 is 2.18 bits per heavy atom. The van der Waals surface area contributed by atoms with E-state index in [0.29, 0.717) is 12.6 Å². The first-order valence-corrected chi connectivity index (χ1v) is 6.78. The average Bonchev–Trinajstić information content (AvgIpc) is 3.11. The van der Waals surface area contributed by atoms with Gasteiger partial charge in [-0.3, -0.25) is 4.90 Å². The maximum Gasteiger partial charge on any atom is 0.0900 e. The van der Waals surface area contributed by atoms with E-state index in [9.17, 15) is 5.11 Å². The van der Waals surface area contributed by atoms with Gasteiger partial charge in [0.2, 0.25) is 0 Å². The van der Waals surface area contributed by atoms with Gasteiger partial charge in [-0.05, 0) is 32.6 Å². The maximum atomic E-state index is 9.96. The van der Waals surface area contributed by atoms with Crippen molar-refractivity contribution >= 4 is 0 Å². The monoisotopic (exact) mass is 243 g/mol. The second-order valence-electron chi connectivity index (χ2n) is 5.51. The number of hydrogen-bond acceptors (Lipinski definition) is 4. The molecule has 0 radical (unpaired) electrons. The standard InChI is InChI=1S/C13H25NO3/c1-10(2)17-8-12(15)7-14-5-6-16-9-13(14)11-3-4-11/h10-13,15H,3-9H2,1-2H3. The molecule has 1 heterocycles. The van der Waals surface area contributed by atoms with E-state index in [2.05, 4.69) is 4.90 Å². The van der Waals surface area contributed by atoms with E-state index in [1.807, 2.05) is 13.8 Å². The number of nitrogens with zero attached hydrogens (tertiary/aromatic N) is 1. The van der Waals surface area contributed by atoms with Crippen molar-refractivity contribution < 1.29 is 14.6 Å². The molecule has 1 aliphatic heterocycles. The van der Waals surface area contributed by atoms with E-state index in [-0.39, 0.29) is 12.2 Å². The summed E-state index contributed by atoms with van der Waals surface area (Å²) in [6.45, 7) is 7.72. The molecule has 0 aromatic rings. The zero-order valence-corrected chi connectivity index (χ0v) is 11.0. The number of β-amino-alcohol motifs (C(OH)–C–C–N with tert-alkyl or cyclic N) is 1. The highest BCUT2D eigenvalue weighted by Crippen LogP contribution is 2.36. The van der Waals surface area contributed by atoms with Gasteiger partial charge in [-0.1, -0.05) is 0 Å². The third-order valence-electron chi connectivity index (χ3n) is 3.51. The smallest absolute Gasteiger partial charge is 0.0900 e. The molecule has 1 saturated heterocycles. The molecule has 17 heavy (non-hydrogen) atoms. The van der Waals surface area contributed by atoms with E-state index in [4.69, 9.17) is 9.47 Å². The van der Waals surface area contributed by atoms with Crippen molar-refractivity contribution in [3.8, 4) is 0 Å². The third kappa shape index (κ3) is 4.21. The number of rotatable bonds is 6. The highest BCUT2D eigenvalue weighted by atomic mass is 16.5. The quantitative estimate of drug-likeness (QED) is 0.752. The number of aliphatic hydroxyl groups is 1. The Kier molecular flexibility index (Phi) is 4.79. The fraction of sp³-hybridized carbons (Fsp3) is 1.00. The highest BCUT2D eigenvalue weighted by Gasteiger charge is 2.37. The van der Waals surface area contributed by atoms with Crippen LogP contribution in [0.25, 0.3) is 0 Å². The topological polar surface area (TPSA) is 41.9 Å². The van der Waals surface area contributed by atoms with E-state index >= 15 is 0 Å². The van der Waals surface area contributed by atoms with Gasteiger partial charge in [0, 0.05) is 19.1 Å². The molecule has 0 aromatic heterocycles. The van der Waals surface area contributed by atoms with Crippen LogP contribution in [0.4, 0.5) is 0 Å². The van der Waals surface area contributed by atoms with Gasteiger partial charge in [0.15, 0.2) is 0 Å². The zero-order valence-electron chi connectivity index (χ0n) is 11.0. The molecule has 100 valence electrons. The molecule has 2 aliphatic rings. The van der Waals surface area contributed by atoms with Crippen LogP contribution in [-0.2, 0) is 9.47 Å². The van der Waals surface area contributed by atoms with Gasteiger partial charge in [-0.25, -0.2) is 0 Å². The summed E-state index contributed by atoms with van der Waals surface area (Å²) in [6, 6.07) is 0.525. The van der Waals surface area contributed by atoms with E-state index in [1.165, 1.54) is 12.8 Å². The summed E-state index contributed by atoms with van der Waals surface area (Å²) in [5.74, 6) is 0.800. The Hall–Kier alpha value is -0.160. The molecule has 0 bridgehead atoms. The molecule has 1 saturated carbocycles. The van der Waals surface area contributed by atoms with Crippen LogP contribution < -0.4 is 0 Å². The van der Waals surface area contributed by atoms with Crippen molar-refractivity contribution in [2.24, 2.45) is 5.92 Å². The van der Waals surface area contributed by atoms with E-state index in [1.54, 1.807) is 0 Å². The molecule has 0 spiro atoms. The molecular formula is C13H25NO3. The Labute approximate surface area is 104 Å². The van der Waals surface area contributed by atoms with Crippen LogP contribution in [0.15, 0.2) is 0 Å². The van der Waals surface area contributed by atoms with Gasteiger partial charge >= 0.3 is 0 Å². The first kappa shape index (κ1) is 13.3. The van der Waals surface area contributed by atoms with Gasteiger partial charge in [-0.15, -0.1) is 0 Å². The number of morpholine rings is 1. The minimum Gasteiger partial charge on any atom is -0.389 e. The predicted molar refractivity (Wildman–Crippen MR) is 66.0 cm³/mol. The lowest BCUT2D eigenvalue weighted by Gasteiger charge is -2.37. The van der Waals surface area contributed by atoms with E-state index in [0.717, 1.165) is 32.2 Å². The summed E-state index contributed by atoms with van der Waals surface area (Å²) in [4.78, 5) is 2.38. The van der Waals surface area contributed by atoms with Gasteiger partial charge < -0.3 is 14.6 Å². The molecule has 4 heteroatoms. The normalized spacial score (nSPS) is 28.6. The molecule has 4 nitrogen and oxygen atoms in total. The minimum absolute atomic E-state index is 0.188. The second-order valence-corrected chi connectivity index (χ2v) is 5.51. The molecule has 2 unspecified atom stereocenters. The van der Waals surface area contributed by atoms with Crippen molar-refractivity contribution in [2.45, 2.75) is 44.9 Å². The molecular weight excluding hydrogens is 218 g/mol. The Bertz CT molecular complexity index is 231. The number of ether oxygens (including phenoxy) is 2. The predicted octanol–water partition coefficient (Wildman–Crippen LogP) is 0.883. The maximum absolute atomic E-state index is 9.96. The SMILES string of the molecule is CC(C)OCC(O)CN1CCOCC1C1CC1. The summed E-state index contributed by atoms with van der Waals surface area (Å²) >= 11 is 0. The lowest BCUT2D eigenvalue weighted by Crippen LogP contribution is -2.50. The van der Waals surface area contributed by atoms with Crippen LogP contribution in [0.5, 0.6) is 0 Å². The number of aliphatic hydroxyl groups excluding tert-OH is 1. The molecule has 0 amide bonds. The van der Waals surface area contributed by atoms with Crippen LogP contribution in [0.2, 0.25) is 0 Å². The van der Waals surface area contributed by atoms with Crippen molar-refractivity contribution in [3.05, 3.63) is 0 Å². The minimum atomic E-state index is -0.378. The van der Waals surface area contributed by atoms with Crippen LogP contribution >= 0.6 is 0 Å². The van der Waals surface area contributed by atoms with Crippen LogP contribution in [0, 0.1) is 5.92 Å². The van der Waals surface area contributed by atoms with Crippen molar-refractivity contribution in [2.75, 3.05) is 32.9 Å². The molecule has 1 N–H and O–H groups in total. The second kappa shape index (κ2) is 6.14. The van der Waals surface area contributed by atoms with Gasteiger partial charge in [0.25, 0.3) is 0 Å². The Morgan fingerprint density at radius 1 is 1.41 bits per heavy atom. The number of hydrogen-bond donors (Lipinski definition) is 1. The van der Waals surface area contributed by atoms with Gasteiger partial charge in [-0.2, -0.15) is 0 Å².